The number of pyridine rings is 1. The fourth-order valence-corrected chi connectivity index (χ4v) is 17.6. The Morgan fingerprint density at radius 3 is 1.42 bits per heavy atom. The maximum Gasteiger partial charge on any atom is 0.328 e. The minimum Gasteiger partial charge on any atom is -0.397 e. The SMILES string of the molecule is CP1(=O)C[C@@H]2[C@H](O)[C@@H](COP(C)(=O)O[C@H]3[C@@H](F)[C@H](n4cnc5c(N)ccnc54)O[C@@H]3CO1)O[C@H]2n1cnc2c(N)ncnc21.CP1(=O)C[C@@H]2[C@H](O)[C@@H](COP(C)(=O)O[C@H]3[C@@H](F)[C@H](n4cnc5c(N)ncnc54)O[C@@H]3CO1)O[C@H]2n1cnc2c(=O)[nH]c(N)nc21. The number of halogens is 2. The number of aromatic amines is 1. The number of hydrogen-bond donors (Lipinski definition) is 7. The van der Waals surface area contributed by atoms with Gasteiger partial charge in [-0.1, -0.05) is 0 Å². The number of imidazole rings is 4. The van der Waals surface area contributed by atoms with E-state index in [9.17, 15) is 33.3 Å². The van der Waals surface area contributed by atoms with Gasteiger partial charge in [0.05, 0.1) is 69.6 Å². The van der Waals surface area contributed by atoms with E-state index in [1.54, 1.807) is 10.6 Å². The second-order valence-corrected chi connectivity index (χ2v) is 31.7. The van der Waals surface area contributed by atoms with E-state index in [1.807, 2.05) is 0 Å². The van der Waals surface area contributed by atoms with Gasteiger partial charge in [-0.2, -0.15) is 4.98 Å². The number of rotatable bonds is 4. The fraction of sp³-hybridized carbons (Fsp3) is 0.553. The molecule has 0 saturated carbocycles. The summed E-state index contributed by atoms with van der Waals surface area (Å²) in [5.74, 6) is -1.65. The van der Waals surface area contributed by atoms with Crippen molar-refractivity contribution in [3.8, 4) is 0 Å². The van der Waals surface area contributed by atoms with E-state index in [-0.39, 0.29) is 71.1 Å². The van der Waals surface area contributed by atoms with Gasteiger partial charge in [-0.3, -0.25) is 55.4 Å². The molecular formula is C47H59F2N19O17P4. The van der Waals surface area contributed by atoms with E-state index < -0.39 is 147 Å². The zero-order valence-electron chi connectivity index (χ0n) is 47.2. The lowest BCUT2D eigenvalue weighted by Gasteiger charge is -2.27. The van der Waals surface area contributed by atoms with Crippen LogP contribution in [-0.2, 0) is 64.4 Å². The van der Waals surface area contributed by atoms with Crippen molar-refractivity contribution in [3.63, 3.8) is 0 Å². The van der Waals surface area contributed by atoms with Crippen molar-refractivity contribution in [2.24, 2.45) is 11.8 Å². The molecule has 11 N–H and O–H groups in total. The van der Waals surface area contributed by atoms with E-state index in [0.717, 1.165) is 6.66 Å². The first kappa shape index (κ1) is 61.4. The number of nitrogens with two attached hydrogens (primary N) is 4. The van der Waals surface area contributed by atoms with Crippen molar-refractivity contribution in [3.05, 3.63) is 60.6 Å². The summed E-state index contributed by atoms with van der Waals surface area (Å²) in [4.78, 5) is 56.1. The zero-order chi connectivity index (χ0) is 62.8. The first-order chi connectivity index (χ1) is 42.2. The lowest BCUT2D eigenvalue weighted by Crippen LogP contribution is -2.34. The molecule has 8 aromatic heterocycles. The maximum absolute atomic E-state index is 16.1. The van der Waals surface area contributed by atoms with Gasteiger partial charge in [0.25, 0.3) is 5.56 Å². The molecule has 0 spiro atoms. The Morgan fingerprint density at radius 1 is 0.528 bits per heavy atom. The quantitative estimate of drug-likeness (QED) is 0.124. The number of hydrogen-bond acceptors (Lipinski definition) is 31. The highest BCUT2D eigenvalue weighted by atomic mass is 31.2. The van der Waals surface area contributed by atoms with E-state index in [0.29, 0.717) is 22.4 Å². The summed E-state index contributed by atoms with van der Waals surface area (Å²) in [6.45, 7) is 3.46. The fourth-order valence-electron chi connectivity index (χ4n) is 11.8. The third-order valence-corrected chi connectivity index (χ3v) is 22.1. The summed E-state index contributed by atoms with van der Waals surface area (Å²) in [5.41, 5.74) is 25.1. The summed E-state index contributed by atoms with van der Waals surface area (Å²) in [6, 6.07) is 1.56. The normalized spacial score (nSPS) is 38.0. The molecule has 20 atom stereocenters. The first-order valence-corrected chi connectivity index (χ1v) is 35.9. The Balaban J connectivity index is 0.000000164. The average Bonchev–Trinajstić information content (AvgIpc) is 1.88. The highest BCUT2D eigenvalue weighted by Gasteiger charge is 2.55. The standard InChI is InChI=1S/C24H30FN9O8P2.C23H29FN10O9P2/c1-43(36)7-11-18(35)13(40-23(11)33-10-32-17-20(27)29-8-30-22(17)33)5-39-44(2,37)42-19-14(6-38-43)41-24(15(19)25)34-9-31-16-12(26)3-4-28-21(16)34;1-44(37)5-9-15(35)10(41-21(9)34-8-30-14-19(34)31-23(26)32-20(14)36)3-40-45(2,38)43-16-11(4-39-44)42-22(12(16)24)33-7-29-13-17(25)27-6-28-18(13)33/h3-4,8-11,13-15,18-19,23-24,35H,5-7H2,1-2H3,(H2,26,28)(H2,27,29,30);6-12,15-16,21-22,35H,3-5H2,1-2H3,(H2,25,27,28)(H3,26,31,32,36)/t11-,13-,14-,15-,18+,19-,23-,24-,43?,44?;9-,10-,11-,12-,15+,16-,21-,22-,44?,45?/m11/s1. The van der Waals surface area contributed by atoms with Gasteiger partial charge < -0.3 is 70.2 Å². The molecule has 4 bridgehead atoms. The van der Waals surface area contributed by atoms with Gasteiger partial charge in [-0.05, 0) is 6.07 Å². The highest BCUT2D eigenvalue weighted by Crippen LogP contribution is 2.57. The van der Waals surface area contributed by atoms with Crippen LogP contribution in [0.4, 0.5) is 32.1 Å². The monoisotopic (exact) mass is 1320 g/mol. The number of nitrogen functional groups attached to an aromatic ring is 4. The van der Waals surface area contributed by atoms with Crippen molar-refractivity contribution < 1.29 is 83.3 Å². The lowest BCUT2D eigenvalue weighted by atomic mass is 10.0. The number of aromatic nitrogens is 15. The van der Waals surface area contributed by atoms with Crippen LogP contribution in [0, 0.1) is 11.8 Å². The number of aliphatic hydroxyl groups excluding tert-OH is 2. The van der Waals surface area contributed by atoms with Crippen molar-refractivity contribution in [1.82, 2.24) is 73.1 Å². The van der Waals surface area contributed by atoms with Crippen LogP contribution in [0.15, 0.2) is 55.0 Å². The molecule has 36 nitrogen and oxygen atoms in total. The van der Waals surface area contributed by atoms with Gasteiger partial charge in [0.2, 0.25) is 20.7 Å². The van der Waals surface area contributed by atoms with Gasteiger partial charge >= 0.3 is 15.2 Å². The van der Waals surface area contributed by atoms with E-state index in [2.05, 4.69) is 54.8 Å². The predicted molar refractivity (Wildman–Crippen MR) is 306 cm³/mol. The summed E-state index contributed by atoms with van der Waals surface area (Å²) >= 11 is 0. The molecule has 14 rings (SSSR count). The predicted octanol–water partition coefficient (Wildman–Crippen LogP) is 2.11. The number of nitrogens with one attached hydrogen (secondary N) is 1. The van der Waals surface area contributed by atoms with Crippen molar-refractivity contribution in [2.75, 3.05) is 88.3 Å². The minimum atomic E-state index is -4.04. The van der Waals surface area contributed by atoms with Crippen LogP contribution in [0.5, 0.6) is 0 Å². The molecule has 8 aromatic rings. The lowest BCUT2D eigenvalue weighted by molar-refractivity contribution is -0.0494. The van der Waals surface area contributed by atoms with E-state index in [4.69, 9.17) is 69.0 Å². The Hall–Kier alpha value is -6.43. The number of alkyl halides is 2. The Kier molecular flexibility index (Phi) is 15.9. The van der Waals surface area contributed by atoms with Gasteiger partial charge in [-0.15, -0.1) is 0 Å². The van der Waals surface area contributed by atoms with Crippen LogP contribution in [0.3, 0.4) is 0 Å². The molecule has 6 saturated heterocycles. The molecule has 0 aromatic carbocycles. The van der Waals surface area contributed by atoms with Gasteiger partial charge in [0.1, 0.15) is 78.3 Å². The molecule has 4 unspecified atom stereocenters. The van der Waals surface area contributed by atoms with E-state index >= 15 is 8.78 Å². The molecule has 6 aliphatic heterocycles. The smallest absolute Gasteiger partial charge is 0.328 e. The van der Waals surface area contributed by atoms with Crippen LogP contribution in [0.25, 0.3) is 44.7 Å². The largest absolute Gasteiger partial charge is 0.397 e. The van der Waals surface area contributed by atoms with Crippen molar-refractivity contribution >= 4 is 97.9 Å². The number of anilines is 4. The Bertz CT molecular complexity index is 4300. The number of ether oxygens (including phenoxy) is 4. The van der Waals surface area contributed by atoms with Crippen molar-refractivity contribution in [2.45, 2.75) is 86.1 Å². The molecule has 0 radical (unpaired) electrons. The van der Waals surface area contributed by atoms with Gasteiger partial charge in [0.15, 0.2) is 64.5 Å². The van der Waals surface area contributed by atoms with Crippen LogP contribution >= 0.6 is 29.9 Å². The van der Waals surface area contributed by atoms with Gasteiger partial charge in [-0.25, -0.2) is 53.6 Å². The van der Waals surface area contributed by atoms with Crippen LogP contribution in [0.1, 0.15) is 24.9 Å². The molecule has 89 heavy (non-hydrogen) atoms. The van der Waals surface area contributed by atoms with Crippen LogP contribution in [-0.4, -0.2) is 210 Å². The summed E-state index contributed by atoms with van der Waals surface area (Å²) in [7, 11) is -15.1. The third kappa shape index (κ3) is 11.5. The van der Waals surface area contributed by atoms with Gasteiger partial charge in [0, 0.05) is 57.0 Å². The Labute approximate surface area is 499 Å². The molecule has 42 heteroatoms. The molecule has 0 aliphatic carbocycles. The average molecular weight is 1320 g/mol. The molecule has 478 valence electrons. The topological polar surface area (TPSA) is 487 Å². The summed E-state index contributed by atoms with van der Waals surface area (Å²) in [5, 5.41) is 22.6. The zero-order valence-corrected chi connectivity index (χ0v) is 50.8. The minimum absolute atomic E-state index is 0.0305. The third-order valence-electron chi connectivity index (χ3n) is 16.0. The van der Waals surface area contributed by atoms with Crippen molar-refractivity contribution in [1.29, 1.82) is 0 Å². The number of fused-ring (bicyclic) bond motifs is 10. The number of H-pyrrole nitrogens is 1. The molecule has 14 heterocycles. The summed E-state index contributed by atoms with van der Waals surface area (Å²) < 4.78 is 151. The maximum atomic E-state index is 16.1. The molecule has 6 fully saturated rings. The molecule has 0 amide bonds. The Morgan fingerprint density at radius 2 is 0.933 bits per heavy atom. The summed E-state index contributed by atoms with van der Waals surface area (Å²) in [6.07, 6.45) is -9.46. The van der Waals surface area contributed by atoms with Crippen LogP contribution in [0.2, 0.25) is 0 Å². The first-order valence-electron chi connectivity index (χ1n) is 27.4. The van der Waals surface area contributed by atoms with E-state index in [1.165, 1.54) is 77.9 Å². The molecular weight excluding hydrogens is 1260 g/mol. The van der Waals surface area contributed by atoms with Crippen LogP contribution < -0.4 is 28.5 Å². The number of nitrogens with zero attached hydrogens (tertiary/aromatic N) is 14. The number of aliphatic hydroxyl groups is 2. The second-order valence-electron chi connectivity index (χ2n) is 22.4. The highest BCUT2D eigenvalue weighted by molar-refractivity contribution is 7.58. The second kappa shape index (κ2) is 23.0. The molecule has 6 aliphatic rings.